The molecular formula is C20H33NO5. The fraction of sp³-hybridized carbons (Fsp3) is 0.900. The molecule has 1 saturated carbocycles. The van der Waals surface area contributed by atoms with Gasteiger partial charge in [-0.15, -0.1) is 0 Å². The Balaban J connectivity index is 1.44. The van der Waals surface area contributed by atoms with Gasteiger partial charge >= 0.3 is 5.97 Å². The predicted molar refractivity (Wildman–Crippen MR) is 96.6 cm³/mol. The molecule has 1 aliphatic carbocycles. The number of rotatable bonds is 6. The van der Waals surface area contributed by atoms with Crippen LogP contribution in [0.25, 0.3) is 0 Å². The summed E-state index contributed by atoms with van der Waals surface area (Å²) >= 11 is 0. The lowest BCUT2D eigenvalue weighted by Gasteiger charge is -2.33. The minimum atomic E-state index is -0.172. The van der Waals surface area contributed by atoms with Gasteiger partial charge in [-0.05, 0) is 56.8 Å². The van der Waals surface area contributed by atoms with Crippen molar-refractivity contribution < 1.29 is 23.8 Å². The highest BCUT2D eigenvalue weighted by atomic mass is 16.5. The minimum absolute atomic E-state index is 0.0327. The van der Waals surface area contributed by atoms with Gasteiger partial charge in [0, 0.05) is 39.3 Å². The van der Waals surface area contributed by atoms with Crippen LogP contribution >= 0.6 is 0 Å². The van der Waals surface area contributed by atoms with Gasteiger partial charge < -0.3 is 19.5 Å². The maximum atomic E-state index is 12.4. The maximum absolute atomic E-state index is 12.4. The van der Waals surface area contributed by atoms with Gasteiger partial charge in [-0.25, -0.2) is 0 Å². The number of nitrogens with one attached hydrogen (secondary N) is 1. The number of carbonyl (C=O) groups is 2. The van der Waals surface area contributed by atoms with Gasteiger partial charge in [-0.2, -0.15) is 0 Å². The Kier molecular flexibility index (Phi) is 7.74. The van der Waals surface area contributed by atoms with E-state index in [-0.39, 0.29) is 24.0 Å². The van der Waals surface area contributed by atoms with E-state index < -0.39 is 0 Å². The Labute approximate surface area is 156 Å². The Bertz CT molecular complexity index is 415. The van der Waals surface area contributed by atoms with Gasteiger partial charge in [-0.1, -0.05) is 6.42 Å². The Morgan fingerprint density at radius 2 is 1.38 bits per heavy atom. The van der Waals surface area contributed by atoms with Crippen LogP contribution in [0.5, 0.6) is 0 Å². The average Bonchev–Trinajstić information content (AvgIpc) is 2.65. The summed E-state index contributed by atoms with van der Waals surface area (Å²) in [4.78, 5) is 24.8. The number of ether oxygens (including phenoxy) is 3. The summed E-state index contributed by atoms with van der Waals surface area (Å²) in [6.07, 6.45) is 8.54. The molecule has 3 rings (SSSR count). The van der Waals surface area contributed by atoms with Crippen LogP contribution in [0.15, 0.2) is 0 Å². The number of hydrogen-bond acceptors (Lipinski definition) is 5. The van der Waals surface area contributed by atoms with Crippen molar-refractivity contribution in [2.24, 2.45) is 11.8 Å². The zero-order valence-corrected chi connectivity index (χ0v) is 15.8. The van der Waals surface area contributed by atoms with E-state index in [1.54, 1.807) is 0 Å². The number of amides is 1. The van der Waals surface area contributed by atoms with Crippen LogP contribution < -0.4 is 5.32 Å². The summed E-state index contributed by atoms with van der Waals surface area (Å²) in [7, 11) is 0. The zero-order valence-electron chi connectivity index (χ0n) is 15.8. The fourth-order valence-corrected chi connectivity index (χ4v) is 4.28. The lowest BCUT2D eigenvalue weighted by atomic mass is 9.91. The lowest BCUT2D eigenvalue weighted by Crippen LogP contribution is -2.47. The SMILES string of the molecule is O=C(CC1CCOCC1)N[C@@H]1CCCC[C@H]1OC(=O)CC1CCOCC1. The van der Waals surface area contributed by atoms with E-state index in [0.717, 1.165) is 77.8 Å². The summed E-state index contributed by atoms with van der Waals surface area (Å²) in [6, 6.07) is -0.0327. The smallest absolute Gasteiger partial charge is 0.306 e. The lowest BCUT2D eigenvalue weighted by molar-refractivity contribution is -0.154. The molecular weight excluding hydrogens is 334 g/mol. The van der Waals surface area contributed by atoms with Crippen molar-refractivity contribution >= 4 is 11.9 Å². The molecule has 148 valence electrons. The number of esters is 1. The monoisotopic (exact) mass is 367 g/mol. The highest BCUT2D eigenvalue weighted by Gasteiger charge is 2.31. The average molecular weight is 367 g/mol. The third-order valence-electron chi connectivity index (χ3n) is 5.94. The third kappa shape index (κ3) is 6.23. The zero-order chi connectivity index (χ0) is 18.2. The van der Waals surface area contributed by atoms with Crippen molar-refractivity contribution in [3.05, 3.63) is 0 Å². The molecule has 0 spiro atoms. The molecule has 1 N–H and O–H groups in total. The first-order valence-corrected chi connectivity index (χ1v) is 10.3. The Morgan fingerprint density at radius 1 is 0.808 bits per heavy atom. The quantitative estimate of drug-likeness (QED) is 0.731. The molecule has 6 heteroatoms. The van der Waals surface area contributed by atoms with Gasteiger partial charge in [-0.3, -0.25) is 9.59 Å². The summed E-state index contributed by atoms with van der Waals surface area (Å²) < 4.78 is 16.5. The van der Waals surface area contributed by atoms with Crippen LogP contribution in [0.1, 0.15) is 64.2 Å². The molecule has 0 aromatic carbocycles. The fourth-order valence-electron chi connectivity index (χ4n) is 4.28. The van der Waals surface area contributed by atoms with Crippen LogP contribution in [0, 0.1) is 11.8 Å². The molecule has 0 radical (unpaired) electrons. The van der Waals surface area contributed by atoms with Crippen LogP contribution in [-0.2, 0) is 23.8 Å². The molecule has 0 bridgehead atoms. The summed E-state index contributed by atoms with van der Waals surface area (Å²) in [6.45, 7) is 3.00. The molecule has 2 heterocycles. The minimum Gasteiger partial charge on any atom is -0.460 e. The van der Waals surface area contributed by atoms with Crippen molar-refractivity contribution in [2.45, 2.75) is 76.4 Å². The van der Waals surface area contributed by atoms with Crippen LogP contribution in [0.4, 0.5) is 0 Å². The van der Waals surface area contributed by atoms with Crippen molar-refractivity contribution in [3.63, 3.8) is 0 Å². The van der Waals surface area contributed by atoms with Gasteiger partial charge in [0.1, 0.15) is 6.10 Å². The summed E-state index contributed by atoms with van der Waals surface area (Å²) in [5.74, 6) is 0.769. The topological polar surface area (TPSA) is 73.9 Å². The molecule has 3 aliphatic rings. The van der Waals surface area contributed by atoms with Crippen LogP contribution in [0.2, 0.25) is 0 Å². The van der Waals surface area contributed by atoms with Crippen molar-refractivity contribution in [1.29, 1.82) is 0 Å². The second kappa shape index (κ2) is 10.3. The number of carbonyl (C=O) groups excluding carboxylic acids is 2. The van der Waals surface area contributed by atoms with E-state index in [1.807, 2.05) is 0 Å². The van der Waals surface area contributed by atoms with E-state index in [2.05, 4.69) is 5.32 Å². The molecule has 26 heavy (non-hydrogen) atoms. The van der Waals surface area contributed by atoms with E-state index in [0.29, 0.717) is 24.7 Å². The normalized spacial score (nSPS) is 28.5. The molecule has 3 fully saturated rings. The molecule has 2 atom stereocenters. The van der Waals surface area contributed by atoms with E-state index in [1.165, 1.54) is 0 Å². The van der Waals surface area contributed by atoms with Crippen molar-refractivity contribution in [1.82, 2.24) is 5.32 Å². The Morgan fingerprint density at radius 3 is 2.04 bits per heavy atom. The summed E-state index contributed by atoms with van der Waals surface area (Å²) in [5, 5.41) is 3.15. The number of hydrogen-bond donors (Lipinski definition) is 1. The van der Waals surface area contributed by atoms with Gasteiger partial charge in [0.05, 0.1) is 6.04 Å². The second-order valence-electron chi connectivity index (χ2n) is 8.01. The molecule has 2 aliphatic heterocycles. The highest BCUT2D eigenvalue weighted by Crippen LogP contribution is 2.25. The van der Waals surface area contributed by atoms with Crippen LogP contribution in [0.3, 0.4) is 0 Å². The molecule has 0 aromatic heterocycles. The van der Waals surface area contributed by atoms with Crippen molar-refractivity contribution in [3.8, 4) is 0 Å². The van der Waals surface area contributed by atoms with Gasteiger partial charge in [0.25, 0.3) is 0 Å². The van der Waals surface area contributed by atoms with Gasteiger partial charge in [0.2, 0.25) is 5.91 Å². The van der Waals surface area contributed by atoms with Gasteiger partial charge in [0.15, 0.2) is 0 Å². The second-order valence-corrected chi connectivity index (χ2v) is 8.01. The van der Waals surface area contributed by atoms with E-state index in [9.17, 15) is 9.59 Å². The first-order valence-electron chi connectivity index (χ1n) is 10.3. The first kappa shape index (κ1) is 19.6. The van der Waals surface area contributed by atoms with E-state index >= 15 is 0 Å². The largest absolute Gasteiger partial charge is 0.460 e. The standard InChI is InChI=1S/C20H33NO5/c22-19(13-15-5-9-24-10-6-15)21-17-3-1-2-4-18(17)26-20(23)14-16-7-11-25-12-8-16/h15-18H,1-14H2,(H,21,22)/t17-,18-/m1/s1. The van der Waals surface area contributed by atoms with Crippen molar-refractivity contribution in [2.75, 3.05) is 26.4 Å². The molecule has 2 saturated heterocycles. The molecule has 6 nitrogen and oxygen atoms in total. The third-order valence-corrected chi connectivity index (χ3v) is 5.94. The highest BCUT2D eigenvalue weighted by molar-refractivity contribution is 5.76. The molecule has 0 unspecified atom stereocenters. The maximum Gasteiger partial charge on any atom is 0.306 e. The summed E-state index contributed by atoms with van der Waals surface area (Å²) in [5.41, 5.74) is 0. The molecule has 1 amide bonds. The van der Waals surface area contributed by atoms with Crippen LogP contribution in [-0.4, -0.2) is 50.4 Å². The molecule has 0 aromatic rings. The Hall–Kier alpha value is -1.14. The predicted octanol–water partition coefficient (Wildman–Crippen LogP) is 2.59. The first-order chi connectivity index (χ1) is 12.7. The van der Waals surface area contributed by atoms with E-state index in [4.69, 9.17) is 14.2 Å².